The van der Waals surface area contributed by atoms with Crippen molar-refractivity contribution in [2.45, 2.75) is 38.1 Å². The van der Waals surface area contributed by atoms with E-state index >= 15 is 0 Å². The maximum Gasteiger partial charge on any atom is 0.326 e. The summed E-state index contributed by atoms with van der Waals surface area (Å²) in [5.74, 6) is -0.242. The second-order valence-corrected chi connectivity index (χ2v) is 7.02. The van der Waals surface area contributed by atoms with Gasteiger partial charge in [0.25, 0.3) is 0 Å². The maximum atomic E-state index is 12.4. The molecule has 138 valence electrons. The van der Waals surface area contributed by atoms with Crippen molar-refractivity contribution in [2.75, 3.05) is 6.54 Å². The number of carboxylic acid groups (broad SMARTS) is 1. The van der Waals surface area contributed by atoms with Gasteiger partial charge in [-0.3, -0.25) is 4.79 Å². The van der Waals surface area contributed by atoms with Crippen molar-refractivity contribution >= 4 is 35.1 Å². The molecular weight excluding hydrogens is 379 g/mol. The molecular formula is C18H18Cl2N2O4. The standard InChI is InChI=1S/C18H18Cl2N2O4/c19-11-4-5-12(13(20)9-11)15-10-21-16(26-15)6-7-17(23)22-8-2-1-3-14(22)18(24)25/h4-5,9-10,14H,1-3,6-8H2,(H,24,25)/t14-/m1/s1. The Bertz CT molecular complexity index is 821. The maximum absolute atomic E-state index is 12.4. The average Bonchev–Trinajstić information content (AvgIpc) is 3.08. The summed E-state index contributed by atoms with van der Waals surface area (Å²) in [6, 6.07) is 4.33. The van der Waals surface area contributed by atoms with Gasteiger partial charge in [0.1, 0.15) is 6.04 Å². The number of oxazole rings is 1. The van der Waals surface area contributed by atoms with Crippen LogP contribution in [0.4, 0.5) is 0 Å². The highest BCUT2D eigenvalue weighted by Gasteiger charge is 2.31. The fourth-order valence-electron chi connectivity index (χ4n) is 3.08. The molecule has 0 spiro atoms. The van der Waals surface area contributed by atoms with Crippen LogP contribution in [0.2, 0.25) is 10.0 Å². The SMILES string of the molecule is O=C(O)[C@H]1CCCCN1C(=O)CCc1ncc(-c2ccc(Cl)cc2Cl)o1. The lowest BCUT2D eigenvalue weighted by Crippen LogP contribution is -2.48. The third kappa shape index (κ3) is 4.19. The summed E-state index contributed by atoms with van der Waals surface area (Å²) in [6.45, 7) is 0.479. The molecule has 1 aliphatic rings. The highest BCUT2D eigenvalue weighted by molar-refractivity contribution is 6.36. The lowest BCUT2D eigenvalue weighted by atomic mass is 10.0. The molecule has 8 heteroatoms. The molecule has 1 atom stereocenters. The lowest BCUT2D eigenvalue weighted by molar-refractivity contribution is -0.152. The van der Waals surface area contributed by atoms with Crippen molar-refractivity contribution in [3.63, 3.8) is 0 Å². The second kappa shape index (κ2) is 8.10. The number of aromatic nitrogens is 1. The van der Waals surface area contributed by atoms with Gasteiger partial charge >= 0.3 is 5.97 Å². The minimum absolute atomic E-state index is 0.151. The minimum atomic E-state index is -0.950. The molecule has 2 heterocycles. The molecule has 1 aromatic carbocycles. The Labute approximate surface area is 160 Å². The van der Waals surface area contributed by atoms with Gasteiger partial charge in [-0.05, 0) is 37.5 Å². The summed E-state index contributed by atoms with van der Waals surface area (Å²) in [5, 5.41) is 10.3. The Hall–Kier alpha value is -2.05. The molecule has 1 saturated heterocycles. The second-order valence-electron chi connectivity index (χ2n) is 6.18. The first-order valence-corrected chi connectivity index (χ1v) is 9.13. The summed E-state index contributed by atoms with van der Waals surface area (Å²) in [7, 11) is 0. The van der Waals surface area contributed by atoms with Gasteiger partial charge in [-0.2, -0.15) is 0 Å². The number of aryl methyl sites for hydroxylation is 1. The third-order valence-electron chi connectivity index (χ3n) is 4.41. The molecule has 2 aromatic rings. The normalized spacial score (nSPS) is 17.3. The van der Waals surface area contributed by atoms with E-state index in [1.807, 2.05) is 0 Å². The summed E-state index contributed by atoms with van der Waals surface area (Å²) in [5.41, 5.74) is 0.670. The fraction of sp³-hybridized carbons (Fsp3) is 0.389. The van der Waals surface area contributed by atoms with Crippen molar-refractivity contribution < 1.29 is 19.1 Å². The number of piperidine rings is 1. The molecule has 1 N–H and O–H groups in total. The topological polar surface area (TPSA) is 83.6 Å². The van der Waals surface area contributed by atoms with Gasteiger partial charge in [-0.1, -0.05) is 23.2 Å². The number of likely N-dealkylation sites (tertiary alicyclic amines) is 1. The minimum Gasteiger partial charge on any atom is -0.480 e. The molecule has 1 aromatic heterocycles. The van der Waals surface area contributed by atoms with Crippen LogP contribution in [-0.4, -0.2) is 39.5 Å². The van der Waals surface area contributed by atoms with E-state index in [9.17, 15) is 14.7 Å². The number of halogens is 2. The van der Waals surface area contributed by atoms with Gasteiger partial charge < -0.3 is 14.4 Å². The number of carboxylic acids is 1. The first-order chi connectivity index (χ1) is 12.5. The smallest absolute Gasteiger partial charge is 0.326 e. The van der Waals surface area contributed by atoms with E-state index in [4.69, 9.17) is 27.6 Å². The van der Waals surface area contributed by atoms with E-state index in [0.29, 0.717) is 46.6 Å². The predicted molar refractivity (Wildman–Crippen MR) is 97.3 cm³/mol. The highest BCUT2D eigenvalue weighted by atomic mass is 35.5. The van der Waals surface area contributed by atoms with Crippen LogP contribution < -0.4 is 0 Å². The molecule has 0 saturated carbocycles. The van der Waals surface area contributed by atoms with Gasteiger partial charge in [0.2, 0.25) is 5.91 Å². The monoisotopic (exact) mass is 396 g/mol. The van der Waals surface area contributed by atoms with Gasteiger partial charge in [-0.25, -0.2) is 9.78 Å². The zero-order valence-electron chi connectivity index (χ0n) is 14.0. The van der Waals surface area contributed by atoms with Crippen LogP contribution in [0.25, 0.3) is 11.3 Å². The Kier molecular flexibility index (Phi) is 5.84. The number of carbonyl (C=O) groups excluding carboxylic acids is 1. The van der Waals surface area contributed by atoms with Gasteiger partial charge in [0.15, 0.2) is 11.7 Å². The molecule has 1 aliphatic heterocycles. The molecule has 0 bridgehead atoms. The molecule has 3 rings (SSSR count). The average molecular weight is 397 g/mol. The predicted octanol–water partition coefficient (Wildman–Crippen LogP) is 4.05. The van der Waals surface area contributed by atoms with Crippen LogP contribution in [0, 0.1) is 0 Å². The van der Waals surface area contributed by atoms with Crippen molar-refractivity contribution in [1.82, 2.24) is 9.88 Å². The van der Waals surface area contributed by atoms with Crippen molar-refractivity contribution in [1.29, 1.82) is 0 Å². The number of carbonyl (C=O) groups is 2. The molecule has 26 heavy (non-hydrogen) atoms. The first kappa shape index (κ1) is 18.7. The van der Waals surface area contributed by atoms with E-state index in [-0.39, 0.29) is 12.3 Å². The van der Waals surface area contributed by atoms with Crippen LogP contribution in [0.15, 0.2) is 28.8 Å². The molecule has 1 amide bonds. The van der Waals surface area contributed by atoms with Gasteiger partial charge in [0.05, 0.1) is 11.2 Å². The first-order valence-electron chi connectivity index (χ1n) is 8.38. The number of aliphatic carboxylic acids is 1. The number of amides is 1. The Morgan fingerprint density at radius 3 is 2.85 bits per heavy atom. The molecule has 1 fully saturated rings. The summed E-state index contributed by atoms with van der Waals surface area (Å²) in [6.07, 6.45) is 4.15. The molecule has 0 radical (unpaired) electrons. The van der Waals surface area contributed by atoms with Crippen LogP contribution in [0.3, 0.4) is 0 Å². The number of rotatable bonds is 5. The van der Waals surface area contributed by atoms with E-state index in [0.717, 1.165) is 12.8 Å². The van der Waals surface area contributed by atoms with E-state index < -0.39 is 12.0 Å². The number of benzene rings is 1. The summed E-state index contributed by atoms with van der Waals surface area (Å²) < 4.78 is 5.68. The van der Waals surface area contributed by atoms with Crippen molar-refractivity contribution in [3.05, 3.63) is 40.3 Å². The van der Waals surface area contributed by atoms with Crippen LogP contribution in [0.5, 0.6) is 0 Å². The van der Waals surface area contributed by atoms with Gasteiger partial charge in [-0.15, -0.1) is 0 Å². The Morgan fingerprint density at radius 1 is 1.31 bits per heavy atom. The van der Waals surface area contributed by atoms with Crippen LogP contribution >= 0.6 is 23.2 Å². The lowest BCUT2D eigenvalue weighted by Gasteiger charge is -2.32. The highest BCUT2D eigenvalue weighted by Crippen LogP contribution is 2.31. The summed E-state index contributed by atoms with van der Waals surface area (Å²) in [4.78, 5) is 29.4. The fourth-order valence-corrected chi connectivity index (χ4v) is 3.59. The zero-order chi connectivity index (χ0) is 18.7. The Balaban J connectivity index is 1.64. The third-order valence-corrected chi connectivity index (χ3v) is 4.96. The zero-order valence-corrected chi connectivity index (χ0v) is 15.5. The number of hydrogen-bond donors (Lipinski definition) is 1. The van der Waals surface area contributed by atoms with E-state index in [1.54, 1.807) is 24.4 Å². The van der Waals surface area contributed by atoms with E-state index in [1.165, 1.54) is 4.90 Å². The largest absolute Gasteiger partial charge is 0.480 e. The van der Waals surface area contributed by atoms with E-state index in [2.05, 4.69) is 4.98 Å². The number of nitrogens with zero attached hydrogens (tertiary/aromatic N) is 2. The molecule has 0 aliphatic carbocycles. The quantitative estimate of drug-likeness (QED) is 0.823. The molecule has 0 unspecified atom stereocenters. The molecule has 6 nitrogen and oxygen atoms in total. The number of hydrogen-bond acceptors (Lipinski definition) is 4. The summed E-state index contributed by atoms with van der Waals surface area (Å²) >= 11 is 12.0. The van der Waals surface area contributed by atoms with Crippen LogP contribution in [0.1, 0.15) is 31.6 Å². The van der Waals surface area contributed by atoms with Crippen LogP contribution in [-0.2, 0) is 16.0 Å². The van der Waals surface area contributed by atoms with Gasteiger partial charge in [0, 0.05) is 30.0 Å². The Morgan fingerprint density at radius 2 is 2.12 bits per heavy atom. The van der Waals surface area contributed by atoms with Crippen molar-refractivity contribution in [2.24, 2.45) is 0 Å². The van der Waals surface area contributed by atoms with Crippen molar-refractivity contribution in [3.8, 4) is 11.3 Å².